The fraction of sp³-hybridized carbons (Fsp3) is 0. The molecule has 0 saturated heterocycles. The molecule has 0 spiro atoms. The summed E-state index contributed by atoms with van der Waals surface area (Å²) in [6.45, 7) is 0. The van der Waals surface area contributed by atoms with Crippen molar-refractivity contribution < 1.29 is 19.1 Å². The summed E-state index contributed by atoms with van der Waals surface area (Å²) in [4.78, 5) is 23.7. The zero-order chi connectivity index (χ0) is 15.0. The molecule has 4 nitrogen and oxygen atoms in total. The first-order valence-corrected chi connectivity index (χ1v) is 6.21. The van der Waals surface area contributed by atoms with Gasteiger partial charge in [0.15, 0.2) is 0 Å². The number of aromatic nitrogens is 1. The summed E-state index contributed by atoms with van der Waals surface area (Å²) in [7, 11) is 0. The Hall–Kier alpha value is -2.95. The number of para-hydroxylation sites is 1. The summed E-state index contributed by atoms with van der Waals surface area (Å²) in [5, 5.41) is 9.70. The molecule has 0 aliphatic carbocycles. The van der Waals surface area contributed by atoms with E-state index in [0.717, 1.165) is 0 Å². The van der Waals surface area contributed by atoms with Crippen LogP contribution in [-0.2, 0) is 0 Å². The molecule has 0 saturated carbocycles. The lowest BCUT2D eigenvalue weighted by atomic mass is 10.2. The number of carboxylic acids is 1. The number of carboxylic acid groups (broad SMARTS) is 1. The first-order valence-electron chi connectivity index (χ1n) is 6.21. The normalized spacial score (nSPS) is 10.7. The topological polar surface area (TPSA) is 59.3 Å². The molecule has 5 heteroatoms. The molecule has 0 amide bonds. The molecular weight excluding hydrogens is 273 g/mol. The molecule has 2 aromatic carbocycles. The fourth-order valence-corrected chi connectivity index (χ4v) is 2.25. The van der Waals surface area contributed by atoms with Crippen molar-refractivity contribution in [3.05, 3.63) is 71.7 Å². The molecule has 104 valence electrons. The van der Waals surface area contributed by atoms with Crippen LogP contribution in [0.4, 0.5) is 4.39 Å². The van der Waals surface area contributed by atoms with E-state index in [4.69, 9.17) is 0 Å². The maximum atomic E-state index is 12.9. The molecular formula is C16H10FNO3. The van der Waals surface area contributed by atoms with Crippen LogP contribution < -0.4 is 0 Å². The number of aromatic carboxylic acids is 1. The van der Waals surface area contributed by atoms with Gasteiger partial charge in [-0.2, -0.15) is 0 Å². The molecule has 0 unspecified atom stereocenters. The minimum Gasteiger partial charge on any atom is -0.478 e. The van der Waals surface area contributed by atoms with Crippen LogP contribution in [0.25, 0.3) is 10.9 Å². The number of benzene rings is 2. The molecule has 3 aromatic rings. The zero-order valence-corrected chi connectivity index (χ0v) is 10.8. The SMILES string of the molecule is O=C(O)c1cn(C(=O)c2ccc(F)cc2)c2ccccc12. The van der Waals surface area contributed by atoms with Gasteiger partial charge < -0.3 is 5.11 Å². The number of nitrogens with zero attached hydrogens (tertiary/aromatic N) is 1. The van der Waals surface area contributed by atoms with Gasteiger partial charge in [0.05, 0.1) is 11.1 Å². The van der Waals surface area contributed by atoms with E-state index < -0.39 is 17.7 Å². The molecule has 0 aliphatic rings. The van der Waals surface area contributed by atoms with E-state index in [1.165, 1.54) is 35.0 Å². The van der Waals surface area contributed by atoms with E-state index in [1.807, 2.05) is 0 Å². The average molecular weight is 283 g/mol. The van der Waals surface area contributed by atoms with E-state index in [-0.39, 0.29) is 11.1 Å². The van der Waals surface area contributed by atoms with E-state index in [9.17, 15) is 19.1 Å². The molecule has 0 atom stereocenters. The minimum absolute atomic E-state index is 0.0565. The third kappa shape index (κ3) is 2.18. The average Bonchev–Trinajstić information content (AvgIpc) is 2.87. The highest BCUT2D eigenvalue weighted by atomic mass is 19.1. The quantitative estimate of drug-likeness (QED) is 0.785. The summed E-state index contributed by atoms with van der Waals surface area (Å²) >= 11 is 0. The van der Waals surface area contributed by atoms with Gasteiger partial charge in [-0.15, -0.1) is 0 Å². The van der Waals surface area contributed by atoms with Crippen molar-refractivity contribution in [1.29, 1.82) is 0 Å². The van der Waals surface area contributed by atoms with Crippen molar-refractivity contribution in [1.82, 2.24) is 4.57 Å². The maximum Gasteiger partial charge on any atom is 0.337 e. The summed E-state index contributed by atoms with van der Waals surface area (Å²) < 4.78 is 14.2. The number of carbonyl (C=O) groups excluding carboxylic acids is 1. The maximum absolute atomic E-state index is 12.9. The molecule has 0 radical (unpaired) electrons. The number of halogens is 1. The zero-order valence-electron chi connectivity index (χ0n) is 10.8. The van der Waals surface area contributed by atoms with Crippen LogP contribution in [0.3, 0.4) is 0 Å². The monoisotopic (exact) mass is 283 g/mol. The molecule has 3 rings (SSSR count). The third-order valence-electron chi connectivity index (χ3n) is 3.25. The number of rotatable bonds is 2. The number of fused-ring (bicyclic) bond motifs is 1. The number of hydrogen-bond donors (Lipinski definition) is 1. The third-order valence-corrected chi connectivity index (χ3v) is 3.25. The Morgan fingerprint density at radius 1 is 1.00 bits per heavy atom. The minimum atomic E-state index is -1.10. The first kappa shape index (κ1) is 13.1. The van der Waals surface area contributed by atoms with Gasteiger partial charge >= 0.3 is 5.97 Å². The van der Waals surface area contributed by atoms with Crippen LogP contribution in [0.1, 0.15) is 20.7 Å². The number of carbonyl (C=O) groups is 2. The first-order chi connectivity index (χ1) is 10.1. The Morgan fingerprint density at radius 3 is 2.33 bits per heavy atom. The van der Waals surface area contributed by atoms with Crippen molar-refractivity contribution in [2.45, 2.75) is 0 Å². The second-order valence-corrected chi connectivity index (χ2v) is 4.55. The Kier molecular flexibility index (Phi) is 3.02. The van der Waals surface area contributed by atoms with Crippen molar-refractivity contribution in [3.63, 3.8) is 0 Å². The fourth-order valence-electron chi connectivity index (χ4n) is 2.25. The van der Waals surface area contributed by atoms with Crippen LogP contribution in [0.5, 0.6) is 0 Å². The van der Waals surface area contributed by atoms with Gasteiger partial charge in [0.2, 0.25) is 0 Å². The van der Waals surface area contributed by atoms with Gasteiger partial charge in [-0.3, -0.25) is 9.36 Å². The molecule has 21 heavy (non-hydrogen) atoms. The predicted molar refractivity (Wildman–Crippen MR) is 75.0 cm³/mol. The molecule has 0 fully saturated rings. The highest BCUT2D eigenvalue weighted by molar-refractivity contribution is 6.09. The molecule has 1 aromatic heterocycles. The lowest BCUT2D eigenvalue weighted by Gasteiger charge is -2.03. The highest BCUT2D eigenvalue weighted by Gasteiger charge is 2.18. The molecule has 1 N–H and O–H groups in total. The van der Waals surface area contributed by atoms with Crippen molar-refractivity contribution in [3.8, 4) is 0 Å². The molecule has 0 aliphatic heterocycles. The summed E-state index contributed by atoms with van der Waals surface area (Å²) in [6, 6.07) is 11.9. The summed E-state index contributed by atoms with van der Waals surface area (Å²) in [5.74, 6) is -1.94. The van der Waals surface area contributed by atoms with Gasteiger partial charge in [0.25, 0.3) is 5.91 Å². The van der Waals surface area contributed by atoms with Crippen molar-refractivity contribution >= 4 is 22.8 Å². The number of hydrogen-bond acceptors (Lipinski definition) is 2. The lowest BCUT2D eigenvalue weighted by molar-refractivity contribution is 0.0699. The van der Waals surface area contributed by atoms with E-state index in [2.05, 4.69) is 0 Å². The highest BCUT2D eigenvalue weighted by Crippen LogP contribution is 2.22. The smallest absolute Gasteiger partial charge is 0.337 e. The van der Waals surface area contributed by atoms with Crippen LogP contribution in [0.2, 0.25) is 0 Å². The van der Waals surface area contributed by atoms with Gasteiger partial charge in [0.1, 0.15) is 5.82 Å². The predicted octanol–water partition coefficient (Wildman–Crippen LogP) is 3.17. The summed E-state index contributed by atoms with van der Waals surface area (Å²) in [5.41, 5.74) is 0.847. The van der Waals surface area contributed by atoms with Crippen molar-refractivity contribution in [2.24, 2.45) is 0 Å². The Balaban J connectivity index is 2.18. The van der Waals surface area contributed by atoms with Gasteiger partial charge in [-0.1, -0.05) is 18.2 Å². The van der Waals surface area contributed by atoms with Crippen LogP contribution in [0, 0.1) is 5.82 Å². The van der Waals surface area contributed by atoms with Crippen molar-refractivity contribution in [2.75, 3.05) is 0 Å². The largest absolute Gasteiger partial charge is 0.478 e. The van der Waals surface area contributed by atoms with Gasteiger partial charge in [-0.25, -0.2) is 9.18 Å². The Bertz CT molecular complexity index is 850. The standard InChI is InChI=1S/C16H10FNO3/c17-11-7-5-10(6-8-11)15(19)18-9-13(16(20)21)12-3-1-2-4-14(12)18/h1-9H,(H,20,21). The van der Waals surface area contributed by atoms with Gasteiger partial charge in [-0.05, 0) is 30.3 Å². The molecule has 1 heterocycles. The van der Waals surface area contributed by atoms with Crippen LogP contribution in [-0.4, -0.2) is 21.6 Å². The van der Waals surface area contributed by atoms with Gasteiger partial charge in [0, 0.05) is 17.1 Å². The summed E-state index contributed by atoms with van der Waals surface area (Å²) in [6.07, 6.45) is 1.29. The van der Waals surface area contributed by atoms with E-state index in [0.29, 0.717) is 10.9 Å². The Labute approximate surface area is 119 Å². The second kappa shape index (κ2) is 4.86. The lowest BCUT2D eigenvalue weighted by Crippen LogP contribution is -2.10. The van der Waals surface area contributed by atoms with Crippen LogP contribution in [0.15, 0.2) is 54.7 Å². The second-order valence-electron chi connectivity index (χ2n) is 4.55. The molecule has 0 bridgehead atoms. The van der Waals surface area contributed by atoms with E-state index in [1.54, 1.807) is 24.3 Å². The Morgan fingerprint density at radius 2 is 1.67 bits per heavy atom. The van der Waals surface area contributed by atoms with E-state index >= 15 is 0 Å². The van der Waals surface area contributed by atoms with Crippen LogP contribution >= 0.6 is 0 Å².